The van der Waals surface area contributed by atoms with Crippen LogP contribution in [0, 0.1) is 5.82 Å². The van der Waals surface area contributed by atoms with Crippen molar-refractivity contribution < 1.29 is 23.5 Å². The first-order valence-corrected chi connectivity index (χ1v) is 9.91. The van der Waals surface area contributed by atoms with Crippen LogP contribution >= 0.6 is 15.9 Å². The highest BCUT2D eigenvalue weighted by molar-refractivity contribution is 9.10. The molecule has 6 nitrogen and oxygen atoms in total. The van der Waals surface area contributed by atoms with Gasteiger partial charge in [-0.3, -0.25) is 9.69 Å². The van der Waals surface area contributed by atoms with Crippen LogP contribution in [0.25, 0.3) is 6.08 Å². The Morgan fingerprint density at radius 2 is 1.79 bits per heavy atom. The van der Waals surface area contributed by atoms with Crippen LogP contribution < -0.4 is 14.8 Å². The standard InChI is InChI=1S/C21H20BrFN2O4/c1-3-28-18-11-19(29-4-2)15(22)9-14(18)10-17-20(26)25(21(27)24-17)12-13-7-5-6-8-16(13)23/h5-11H,3-4,12H2,1-2H3,(H,24,27)/b17-10+. The summed E-state index contributed by atoms with van der Waals surface area (Å²) in [6, 6.07) is 8.90. The Bertz CT molecular complexity index is 977. The third kappa shape index (κ3) is 4.59. The van der Waals surface area contributed by atoms with Crippen molar-refractivity contribution in [2.24, 2.45) is 0 Å². The number of amides is 3. The van der Waals surface area contributed by atoms with E-state index in [2.05, 4.69) is 21.2 Å². The van der Waals surface area contributed by atoms with Crippen molar-refractivity contribution in [3.63, 3.8) is 0 Å². The maximum atomic E-state index is 13.9. The van der Waals surface area contributed by atoms with E-state index >= 15 is 0 Å². The van der Waals surface area contributed by atoms with Gasteiger partial charge in [0.15, 0.2) is 0 Å². The molecule has 152 valence electrons. The fraction of sp³-hybridized carbons (Fsp3) is 0.238. The molecule has 8 heteroatoms. The number of benzene rings is 2. The lowest BCUT2D eigenvalue weighted by Crippen LogP contribution is -2.30. The highest BCUT2D eigenvalue weighted by atomic mass is 79.9. The SMILES string of the molecule is CCOc1cc(OCC)c(/C=C2/NC(=O)N(Cc3ccccc3F)C2=O)cc1Br. The molecule has 1 aliphatic heterocycles. The van der Waals surface area contributed by atoms with E-state index in [-0.39, 0.29) is 17.8 Å². The molecule has 3 amide bonds. The number of hydrogen-bond donors (Lipinski definition) is 1. The van der Waals surface area contributed by atoms with E-state index in [0.717, 1.165) is 4.90 Å². The summed E-state index contributed by atoms with van der Waals surface area (Å²) in [4.78, 5) is 26.0. The summed E-state index contributed by atoms with van der Waals surface area (Å²) < 4.78 is 25.8. The van der Waals surface area contributed by atoms with Crippen molar-refractivity contribution in [2.45, 2.75) is 20.4 Å². The molecule has 0 spiro atoms. The Morgan fingerprint density at radius 1 is 1.10 bits per heavy atom. The van der Waals surface area contributed by atoms with Crippen LogP contribution in [0.3, 0.4) is 0 Å². The zero-order chi connectivity index (χ0) is 21.0. The quantitative estimate of drug-likeness (QED) is 0.486. The first-order valence-electron chi connectivity index (χ1n) is 9.11. The molecular weight excluding hydrogens is 443 g/mol. The number of halogens is 2. The third-order valence-corrected chi connectivity index (χ3v) is 4.83. The fourth-order valence-corrected chi connectivity index (χ4v) is 3.35. The molecule has 1 N–H and O–H groups in total. The second-order valence-electron chi connectivity index (χ2n) is 6.16. The minimum Gasteiger partial charge on any atom is -0.493 e. The van der Waals surface area contributed by atoms with Crippen LogP contribution in [-0.2, 0) is 11.3 Å². The smallest absolute Gasteiger partial charge is 0.329 e. The summed E-state index contributed by atoms with van der Waals surface area (Å²) in [5.74, 6) is 0.118. The number of urea groups is 1. The van der Waals surface area contributed by atoms with Gasteiger partial charge >= 0.3 is 6.03 Å². The topological polar surface area (TPSA) is 67.9 Å². The van der Waals surface area contributed by atoms with Crippen LogP contribution in [0.1, 0.15) is 25.0 Å². The van der Waals surface area contributed by atoms with Crippen molar-refractivity contribution in [3.8, 4) is 11.5 Å². The lowest BCUT2D eigenvalue weighted by Gasteiger charge is -2.13. The molecule has 1 fully saturated rings. The van der Waals surface area contributed by atoms with Gasteiger partial charge in [0.25, 0.3) is 5.91 Å². The Kier molecular flexibility index (Phi) is 6.53. The molecule has 0 bridgehead atoms. The molecule has 1 saturated heterocycles. The van der Waals surface area contributed by atoms with Gasteiger partial charge in [-0.05, 0) is 48.0 Å². The van der Waals surface area contributed by atoms with E-state index < -0.39 is 17.8 Å². The molecule has 0 unspecified atom stereocenters. The van der Waals surface area contributed by atoms with Gasteiger partial charge in [0, 0.05) is 17.2 Å². The largest absolute Gasteiger partial charge is 0.493 e. The highest BCUT2D eigenvalue weighted by Crippen LogP contribution is 2.35. The van der Waals surface area contributed by atoms with E-state index in [0.29, 0.717) is 34.7 Å². The van der Waals surface area contributed by atoms with Crippen LogP contribution in [0.2, 0.25) is 0 Å². The minimum absolute atomic E-state index is 0.0864. The number of imide groups is 1. The monoisotopic (exact) mass is 462 g/mol. The van der Waals surface area contributed by atoms with Crippen LogP contribution in [0.5, 0.6) is 11.5 Å². The van der Waals surface area contributed by atoms with Gasteiger partial charge in [-0.25, -0.2) is 9.18 Å². The number of carbonyl (C=O) groups is 2. The molecule has 1 aliphatic rings. The summed E-state index contributed by atoms with van der Waals surface area (Å²) in [6.07, 6.45) is 1.53. The average Bonchev–Trinajstić information content (AvgIpc) is 2.94. The van der Waals surface area contributed by atoms with E-state index in [4.69, 9.17) is 9.47 Å². The van der Waals surface area contributed by atoms with E-state index in [1.165, 1.54) is 18.2 Å². The number of nitrogens with zero attached hydrogens (tertiary/aromatic N) is 1. The van der Waals surface area contributed by atoms with E-state index in [1.54, 1.807) is 24.3 Å². The predicted octanol–water partition coefficient (Wildman–Crippen LogP) is 4.48. The zero-order valence-electron chi connectivity index (χ0n) is 16.0. The van der Waals surface area contributed by atoms with Gasteiger partial charge < -0.3 is 14.8 Å². The number of carbonyl (C=O) groups excluding carboxylic acids is 2. The Morgan fingerprint density at radius 3 is 2.48 bits per heavy atom. The molecule has 0 radical (unpaired) electrons. The van der Waals surface area contributed by atoms with Gasteiger partial charge in [-0.1, -0.05) is 18.2 Å². The fourth-order valence-electron chi connectivity index (χ4n) is 2.88. The van der Waals surface area contributed by atoms with Crippen LogP contribution in [0.4, 0.5) is 9.18 Å². The molecule has 3 rings (SSSR count). The highest BCUT2D eigenvalue weighted by Gasteiger charge is 2.34. The molecular formula is C21H20BrFN2O4. The van der Waals surface area contributed by atoms with E-state index in [1.807, 2.05) is 13.8 Å². The molecule has 29 heavy (non-hydrogen) atoms. The normalized spacial score (nSPS) is 15.0. The van der Waals surface area contributed by atoms with Crippen molar-refractivity contribution in [2.75, 3.05) is 13.2 Å². The van der Waals surface area contributed by atoms with Gasteiger partial charge in [0.05, 0.1) is 24.2 Å². The molecule has 2 aromatic carbocycles. The van der Waals surface area contributed by atoms with Gasteiger partial charge in [-0.15, -0.1) is 0 Å². The molecule has 0 aromatic heterocycles. The summed E-state index contributed by atoms with van der Waals surface area (Å²) in [5, 5.41) is 2.54. The lowest BCUT2D eigenvalue weighted by molar-refractivity contribution is -0.123. The lowest BCUT2D eigenvalue weighted by atomic mass is 10.1. The van der Waals surface area contributed by atoms with Gasteiger partial charge in [0.1, 0.15) is 23.0 Å². The summed E-state index contributed by atoms with van der Waals surface area (Å²) in [6.45, 7) is 4.48. The first-order chi connectivity index (χ1) is 13.9. The number of hydrogen-bond acceptors (Lipinski definition) is 4. The minimum atomic E-state index is -0.604. The third-order valence-electron chi connectivity index (χ3n) is 4.21. The second-order valence-corrected chi connectivity index (χ2v) is 7.01. The van der Waals surface area contributed by atoms with Crippen molar-refractivity contribution in [3.05, 3.63) is 63.5 Å². The van der Waals surface area contributed by atoms with Gasteiger partial charge in [0.2, 0.25) is 0 Å². The maximum Gasteiger partial charge on any atom is 0.329 e. The zero-order valence-corrected chi connectivity index (χ0v) is 17.6. The maximum absolute atomic E-state index is 13.9. The Balaban J connectivity index is 1.91. The average molecular weight is 463 g/mol. The first kappa shape index (κ1) is 20.9. The Hall–Kier alpha value is -2.87. The van der Waals surface area contributed by atoms with Crippen molar-refractivity contribution in [1.29, 1.82) is 0 Å². The van der Waals surface area contributed by atoms with Crippen LogP contribution in [-0.4, -0.2) is 30.1 Å². The summed E-state index contributed by atoms with van der Waals surface area (Å²) in [5.41, 5.74) is 0.943. The van der Waals surface area contributed by atoms with Crippen LogP contribution in [0.15, 0.2) is 46.6 Å². The van der Waals surface area contributed by atoms with Gasteiger partial charge in [-0.2, -0.15) is 0 Å². The number of rotatable bonds is 7. The van der Waals surface area contributed by atoms with Crippen molar-refractivity contribution in [1.82, 2.24) is 10.2 Å². The summed E-state index contributed by atoms with van der Waals surface area (Å²) >= 11 is 3.44. The summed E-state index contributed by atoms with van der Waals surface area (Å²) in [7, 11) is 0. The molecule has 1 heterocycles. The molecule has 0 atom stereocenters. The predicted molar refractivity (Wildman–Crippen MR) is 110 cm³/mol. The molecule has 0 saturated carbocycles. The number of ether oxygens (including phenoxy) is 2. The Labute approximate surface area is 176 Å². The van der Waals surface area contributed by atoms with E-state index in [9.17, 15) is 14.0 Å². The second kappa shape index (κ2) is 9.09. The molecule has 2 aromatic rings. The number of nitrogens with one attached hydrogen (secondary N) is 1. The molecule has 0 aliphatic carbocycles. The van der Waals surface area contributed by atoms with Crippen molar-refractivity contribution >= 4 is 33.9 Å².